The molecule has 10 nitrogen and oxygen atoms in total. The van der Waals surface area contributed by atoms with Crippen LogP contribution in [0.5, 0.6) is 0 Å². The summed E-state index contributed by atoms with van der Waals surface area (Å²) in [7, 11) is 1.92. The van der Waals surface area contributed by atoms with E-state index in [9.17, 15) is 24.8 Å². The van der Waals surface area contributed by atoms with Crippen molar-refractivity contribution in [2.75, 3.05) is 39.8 Å². The summed E-state index contributed by atoms with van der Waals surface area (Å²) >= 11 is 0. The second-order valence-corrected chi connectivity index (χ2v) is 12.1. The Hall–Kier alpha value is -4.28. The van der Waals surface area contributed by atoms with E-state index in [1.54, 1.807) is 17.0 Å². The fraction of sp³-hybridized carbons (Fsp3) is 0.429. The molecule has 0 radical (unpaired) electrons. The number of nitro groups is 1. The van der Waals surface area contributed by atoms with Crippen LogP contribution in [0.2, 0.25) is 0 Å². The molecule has 2 fully saturated rings. The number of non-ortho nitro benzene ring substituents is 1. The molecule has 1 aliphatic carbocycles. The first-order valence-corrected chi connectivity index (χ1v) is 15.7. The van der Waals surface area contributed by atoms with E-state index in [1.165, 1.54) is 17.7 Å². The number of carbonyl (C=O) groups is 2. The predicted molar refractivity (Wildman–Crippen MR) is 171 cm³/mol. The third-order valence-corrected chi connectivity index (χ3v) is 9.36. The van der Waals surface area contributed by atoms with Crippen LogP contribution in [-0.2, 0) is 11.3 Å². The van der Waals surface area contributed by atoms with Crippen molar-refractivity contribution in [3.63, 3.8) is 0 Å². The van der Waals surface area contributed by atoms with Crippen LogP contribution in [0.15, 0.2) is 84.9 Å². The summed E-state index contributed by atoms with van der Waals surface area (Å²) in [5, 5.41) is 20.6. The van der Waals surface area contributed by atoms with Crippen molar-refractivity contribution < 1.29 is 24.4 Å². The van der Waals surface area contributed by atoms with Crippen molar-refractivity contribution in [1.29, 1.82) is 0 Å². The van der Waals surface area contributed by atoms with Crippen LogP contribution in [0.3, 0.4) is 0 Å². The van der Waals surface area contributed by atoms with E-state index in [2.05, 4.69) is 29.2 Å². The van der Waals surface area contributed by atoms with Crippen molar-refractivity contribution in [2.45, 2.75) is 50.3 Å². The number of carbonyl (C=O) groups excluding carboxylic acids is 2. The summed E-state index contributed by atoms with van der Waals surface area (Å²) in [4.78, 5) is 42.8. The van der Waals surface area contributed by atoms with E-state index < -0.39 is 11.0 Å². The van der Waals surface area contributed by atoms with Crippen LogP contribution in [-0.4, -0.2) is 88.6 Å². The van der Waals surface area contributed by atoms with E-state index in [0.29, 0.717) is 23.0 Å². The van der Waals surface area contributed by atoms with Gasteiger partial charge in [0.25, 0.3) is 11.6 Å². The summed E-state index contributed by atoms with van der Waals surface area (Å²) in [6, 6.07) is 26.1. The van der Waals surface area contributed by atoms with Gasteiger partial charge in [-0.25, -0.2) is 4.79 Å². The first kappa shape index (κ1) is 32.1. The van der Waals surface area contributed by atoms with Crippen molar-refractivity contribution in [1.82, 2.24) is 14.7 Å². The third kappa shape index (κ3) is 8.06. The van der Waals surface area contributed by atoms with Crippen molar-refractivity contribution >= 4 is 17.7 Å². The molecule has 3 aromatic rings. The minimum absolute atomic E-state index is 0.00252. The fourth-order valence-electron chi connectivity index (χ4n) is 6.89. The van der Waals surface area contributed by atoms with Crippen molar-refractivity contribution in [3.05, 3.63) is 112 Å². The standard InChI is InChI=1S/C35H42N4O6/c1-36(34(41)28-10-6-3-7-11-28)32-22-29(33(23-32)27-8-4-2-5-9-27)24-37-18-16-30(17-19-37)38(20-21-40)35(42)45-25-26-12-14-31(15-13-26)39(43)44/h2-15,29-30,32-33,40H,16-25H2,1H3/t29-,32?,33-/m1/s1. The van der Waals surface area contributed by atoms with Crippen LogP contribution in [0.4, 0.5) is 10.5 Å². The largest absolute Gasteiger partial charge is 0.445 e. The Bertz CT molecular complexity index is 1410. The number of likely N-dealkylation sites (tertiary alicyclic amines) is 1. The number of nitro benzene ring substituents is 1. The maximum absolute atomic E-state index is 13.3. The smallest absolute Gasteiger partial charge is 0.410 e. The van der Waals surface area contributed by atoms with Gasteiger partial charge in [0.1, 0.15) is 6.61 Å². The van der Waals surface area contributed by atoms with Gasteiger partial charge >= 0.3 is 6.09 Å². The molecule has 3 atom stereocenters. The maximum Gasteiger partial charge on any atom is 0.410 e. The number of aliphatic hydroxyl groups is 1. The number of ether oxygens (including phenoxy) is 1. The normalized spacial score (nSPS) is 20.4. The van der Waals surface area contributed by atoms with Gasteiger partial charge < -0.3 is 24.5 Å². The molecule has 1 N–H and O–H groups in total. The molecule has 2 amide bonds. The van der Waals surface area contributed by atoms with Crippen LogP contribution in [0.25, 0.3) is 0 Å². The summed E-state index contributed by atoms with van der Waals surface area (Å²) < 4.78 is 5.54. The number of hydrogen-bond acceptors (Lipinski definition) is 7. The molecule has 2 aliphatic rings. The predicted octanol–water partition coefficient (Wildman–Crippen LogP) is 5.32. The number of amides is 2. The maximum atomic E-state index is 13.3. The van der Waals surface area contributed by atoms with Crippen molar-refractivity contribution in [3.8, 4) is 0 Å². The molecule has 10 heteroatoms. The molecule has 0 aromatic heterocycles. The lowest BCUT2D eigenvalue weighted by atomic mass is 9.88. The Kier molecular flexibility index (Phi) is 10.8. The highest BCUT2D eigenvalue weighted by atomic mass is 16.6. The summed E-state index contributed by atoms with van der Waals surface area (Å²) in [5.41, 5.74) is 2.66. The first-order valence-electron chi connectivity index (χ1n) is 15.7. The molecule has 1 heterocycles. The lowest BCUT2D eigenvalue weighted by molar-refractivity contribution is -0.384. The van der Waals surface area contributed by atoms with Crippen LogP contribution >= 0.6 is 0 Å². The highest BCUT2D eigenvalue weighted by Crippen LogP contribution is 2.42. The van der Waals surface area contributed by atoms with Gasteiger partial charge in [0, 0.05) is 63.0 Å². The zero-order valence-electron chi connectivity index (χ0n) is 25.7. The Balaban J connectivity index is 1.18. The zero-order chi connectivity index (χ0) is 31.8. The van der Waals surface area contributed by atoms with Gasteiger partial charge in [-0.05, 0) is 72.9 Å². The number of nitrogens with zero attached hydrogens (tertiary/aromatic N) is 4. The van der Waals surface area contributed by atoms with Crippen LogP contribution < -0.4 is 0 Å². The van der Waals surface area contributed by atoms with Gasteiger partial charge in [0.15, 0.2) is 0 Å². The minimum atomic E-state index is -0.491. The van der Waals surface area contributed by atoms with Gasteiger partial charge in [-0.1, -0.05) is 48.5 Å². The summed E-state index contributed by atoms with van der Waals surface area (Å²) in [6.45, 7) is 2.59. The molecule has 0 spiro atoms. The second-order valence-electron chi connectivity index (χ2n) is 12.1. The summed E-state index contributed by atoms with van der Waals surface area (Å²) in [6.07, 6.45) is 2.90. The lowest BCUT2D eigenvalue weighted by Gasteiger charge is -2.39. The van der Waals surface area contributed by atoms with Gasteiger partial charge in [-0.2, -0.15) is 0 Å². The highest BCUT2D eigenvalue weighted by Gasteiger charge is 2.40. The van der Waals surface area contributed by atoms with E-state index in [1.807, 2.05) is 48.3 Å². The van der Waals surface area contributed by atoms with Gasteiger partial charge in [0.2, 0.25) is 0 Å². The fourth-order valence-corrected chi connectivity index (χ4v) is 6.89. The number of rotatable bonds is 11. The molecule has 0 bridgehead atoms. The van der Waals surface area contributed by atoms with Gasteiger partial charge in [0.05, 0.1) is 11.5 Å². The van der Waals surface area contributed by atoms with E-state index in [0.717, 1.165) is 45.3 Å². The molecule has 1 aliphatic heterocycles. The molecular formula is C35H42N4O6. The summed E-state index contributed by atoms with van der Waals surface area (Å²) in [5.74, 6) is 0.790. The van der Waals surface area contributed by atoms with Gasteiger partial charge in [-0.3, -0.25) is 14.9 Å². The van der Waals surface area contributed by atoms with Crippen LogP contribution in [0.1, 0.15) is 53.1 Å². The monoisotopic (exact) mass is 614 g/mol. The second kappa shape index (κ2) is 15.1. The number of hydrogen-bond donors (Lipinski definition) is 1. The highest BCUT2D eigenvalue weighted by molar-refractivity contribution is 5.94. The molecule has 5 rings (SSSR count). The first-order chi connectivity index (χ1) is 21.8. The van der Waals surface area contributed by atoms with E-state index in [4.69, 9.17) is 4.74 Å². The average molecular weight is 615 g/mol. The number of piperidine rings is 1. The lowest BCUT2D eigenvalue weighted by Crippen LogP contribution is -2.49. The molecule has 45 heavy (non-hydrogen) atoms. The molecule has 238 valence electrons. The zero-order valence-corrected chi connectivity index (χ0v) is 25.7. The SMILES string of the molecule is CN(C(=O)c1ccccc1)C1C[C@H](CN2CCC(N(CCO)C(=O)OCc3ccc([N+](=O)[O-])cc3)CC2)[C@@H](c2ccccc2)C1. The number of benzene rings is 3. The molecule has 1 unspecified atom stereocenters. The van der Waals surface area contributed by atoms with E-state index >= 15 is 0 Å². The Morgan fingerprint density at radius 2 is 1.58 bits per heavy atom. The Labute approximate surface area is 264 Å². The third-order valence-electron chi connectivity index (χ3n) is 9.36. The van der Waals surface area contributed by atoms with Crippen LogP contribution in [0, 0.1) is 16.0 Å². The molecule has 3 aromatic carbocycles. The molecular weight excluding hydrogens is 572 g/mol. The number of aliphatic hydroxyl groups excluding tert-OH is 1. The topological polar surface area (TPSA) is 116 Å². The molecule has 1 saturated heterocycles. The Morgan fingerprint density at radius 3 is 2.20 bits per heavy atom. The molecule has 1 saturated carbocycles. The van der Waals surface area contributed by atoms with E-state index in [-0.39, 0.29) is 43.4 Å². The average Bonchev–Trinajstić information content (AvgIpc) is 3.50. The Morgan fingerprint density at radius 1 is 0.933 bits per heavy atom. The van der Waals surface area contributed by atoms with Crippen molar-refractivity contribution in [2.24, 2.45) is 5.92 Å². The quantitative estimate of drug-likeness (QED) is 0.229. The minimum Gasteiger partial charge on any atom is -0.445 e. The van der Waals surface area contributed by atoms with Gasteiger partial charge in [-0.15, -0.1) is 0 Å².